The van der Waals surface area contributed by atoms with E-state index in [0.29, 0.717) is 17.7 Å². The fraction of sp³-hybridized carbons (Fsp3) is 0.214. The first-order valence-electron chi connectivity index (χ1n) is 6.05. The van der Waals surface area contributed by atoms with Crippen molar-refractivity contribution in [2.75, 3.05) is 0 Å². The van der Waals surface area contributed by atoms with Crippen LogP contribution in [-0.2, 0) is 9.59 Å². The Morgan fingerprint density at radius 2 is 1.84 bits per heavy atom. The Morgan fingerprint density at radius 1 is 1.16 bits per heavy atom. The molecule has 0 bridgehead atoms. The number of benzene rings is 1. The zero-order valence-electron chi connectivity index (χ0n) is 10.2. The molecular weight excluding hydrogens is 244 g/mol. The summed E-state index contributed by atoms with van der Waals surface area (Å²) in [7, 11) is 0. The number of piperidine rings is 1. The van der Waals surface area contributed by atoms with Crippen LogP contribution in [0.2, 0.25) is 0 Å². The Hall–Kier alpha value is -2.43. The number of amides is 3. The summed E-state index contributed by atoms with van der Waals surface area (Å²) in [5.74, 6) is -0.954. The molecule has 2 heterocycles. The molecule has 1 unspecified atom stereocenters. The van der Waals surface area contributed by atoms with Gasteiger partial charge in [0.15, 0.2) is 0 Å². The van der Waals surface area contributed by atoms with E-state index in [-0.39, 0.29) is 18.2 Å². The molecule has 1 fully saturated rings. The first-order valence-corrected chi connectivity index (χ1v) is 6.05. The lowest BCUT2D eigenvalue weighted by atomic mass is 10.0. The summed E-state index contributed by atoms with van der Waals surface area (Å²) in [4.78, 5) is 36.8. The quantitative estimate of drug-likeness (QED) is 0.760. The van der Waals surface area contributed by atoms with Crippen LogP contribution in [0.3, 0.4) is 0 Å². The second-order valence-electron chi connectivity index (χ2n) is 4.63. The van der Waals surface area contributed by atoms with Crippen LogP contribution in [0.1, 0.15) is 28.8 Å². The maximum Gasteiger partial charge on any atom is 0.259 e. The molecule has 1 saturated heterocycles. The van der Waals surface area contributed by atoms with Crippen molar-refractivity contribution in [3.63, 3.8) is 0 Å². The Balaban J connectivity index is 1.96. The fourth-order valence-corrected chi connectivity index (χ4v) is 2.56. The summed E-state index contributed by atoms with van der Waals surface area (Å²) in [6, 6.07) is 6.48. The first kappa shape index (κ1) is 11.6. The van der Waals surface area contributed by atoms with Crippen molar-refractivity contribution in [2.45, 2.75) is 18.9 Å². The lowest BCUT2D eigenvalue weighted by Gasteiger charge is -2.30. The molecule has 1 N–H and O–H groups in total. The highest BCUT2D eigenvalue weighted by molar-refractivity contribution is 6.12. The summed E-state index contributed by atoms with van der Waals surface area (Å²) < 4.78 is 0. The molecule has 3 amide bonds. The molecule has 96 valence electrons. The van der Waals surface area contributed by atoms with Crippen molar-refractivity contribution in [3.05, 3.63) is 42.0 Å². The molecule has 2 aliphatic rings. The van der Waals surface area contributed by atoms with E-state index in [4.69, 9.17) is 0 Å². The molecule has 19 heavy (non-hydrogen) atoms. The zero-order valence-corrected chi connectivity index (χ0v) is 10.2. The van der Waals surface area contributed by atoms with Crippen LogP contribution >= 0.6 is 0 Å². The van der Waals surface area contributed by atoms with E-state index >= 15 is 0 Å². The topological polar surface area (TPSA) is 66.5 Å². The smallest absolute Gasteiger partial charge is 0.259 e. The van der Waals surface area contributed by atoms with Crippen molar-refractivity contribution in [3.8, 4) is 0 Å². The number of nitrogens with zero attached hydrogens (tertiary/aromatic N) is 1. The Morgan fingerprint density at radius 3 is 2.47 bits per heavy atom. The number of carbonyl (C=O) groups excluding carboxylic acids is 3. The third-order valence-corrected chi connectivity index (χ3v) is 3.50. The van der Waals surface area contributed by atoms with E-state index in [9.17, 15) is 14.4 Å². The summed E-state index contributed by atoms with van der Waals surface area (Å²) >= 11 is 0. The third-order valence-electron chi connectivity index (χ3n) is 3.50. The number of carbonyl (C=O) groups is 3. The van der Waals surface area contributed by atoms with Gasteiger partial charge in [-0.1, -0.05) is 24.8 Å². The van der Waals surface area contributed by atoms with Crippen molar-refractivity contribution in [1.82, 2.24) is 10.2 Å². The molecule has 5 heteroatoms. The summed E-state index contributed by atoms with van der Waals surface area (Å²) in [5, 5.41) is 2.26. The first-order chi connectivity index (χ1) is 9.09. The van der Waals surface area contributed by atoms with Crippen LogP contribution in [0.25, 0.3) is 5.70 Å². The van der Waals surface area contributed by atoms with Gasteiger partial charge in [0, 0.05) is 23.2 Å². The predicted octanol–water partition coefficient (Wildman–Crippen LogP) is 0.918. The van der Waals surface area contributed by atoms with E-state index < -0.39 is 11.9 Å². The SMILES string of the molecule is C=C1c2ccccc2C(=O)N1C1CCC(=O)NC1=O. The molecule has 2 aliphatic heterocycles. The molecule has 0 spiro atoms. The molecule has 0 saturated carbocycles. The van der Waals surface area contributed by atoms with Crippen molar-refractivity contribution < 1.29 is 14.4 Å². The van der Waals surface area contributed by atoms with Gasteiger partial charge in [0.25, 0.3) is 5.91 Å². The predicted molar refractivity (Wildman–Crippen MR) is 67.8 cm³/mol. The van der Waals surface area contributed by atoms with Crippen LogP contribution in [0, 0.1) is 0 Å². The minimum Gasteiger partial charge on any atom is -0.296 e. The van der Waals surface area contributed by atoms with Gasteiger partial charge in [-0.25, -0.2) is 0 Å². The van der Waals surface area contributed by atoms with E-state index in [1.165, 1.54) is 4.90 Å². The second-order valence-corrected chi connectivity index (χ2v) is 4.63. The van der Waals surface area contributed by atoms with Crippen molar-refractivity contribution in [1.29, 1.82) is 0 Å². The van der Waals surface area contributed by atoms with Gasteiger partial charge in [-0.05, 0) is 12.5 Å². The summed E-state index contributed by atoms with van der Waals surface area (Å²) in [6.45, 7) is 3.90. The minimum absolute atomic E-state index is 0.227. The number of imide groups is 1. The molecule has 0 aromatic heterocycles. The molecule has 5 nitrogen and oxygen atoms in total. The van der Waals surface area contributed by atoms with Crippen LogP contribution in [0.4, 0.5) is 0 Å². The Bertz CT molecular complexity index is 586. The highest BCUT2D eigenvalue weighted by Crippen LogP contribution is 2.34. The highest BCUT2D eigenvalue weighted by atomic mass is 16.2. The molecule has 0 radical (unpaired) electrons. The van der Waals surface area contributed by atoms with E-state index in [0.717, 1.165) is 5.56 Å². The van der Waals surface area contributed by atoms with Gasteiger partial charge in [0.2, 0.25) is 11.8 Å². The summed E-state index contributed by atoms with van der Waals surface area (Å²) in [6.07, 6.45) is 0.577. The minimum atomic E-state index is -0.648. The molecular formula is C14H12N2O3. The highest BCUT2D eigenvalue weighted by Gasteiger charge is 2.41. The van der Waals surface area contributed by atoms with Gasteiger partial charge in [0.1, 0.15) is 6.04 Å². The van der Waals surface area contributed by atoms with Gasteiger partial charge >= 0.3 is 0 Å². The van der Waals surface area contributed by atoms with Crippen molar-refractivity contribution >= 4 is 23.4 Å². The van der Waals surface area contributed by atoms with Crippen LogP contribution < -0.4 is 5.32 Å². The van der Waals surface area contributed by atoms with E-state index in [1.807, 2.05) is 6.07 Å². The monoisotopic (exact) mass is 256 g/mol. The van der Waals surface area contributed by atoms with Crippen molar-refractivity contribution in [2.24, 2.45) is 0 Å². The van der Waals surface area contributed by atoms with Gasteiger partial charge in [0.05, 0.1) is 0 Å². The van der Waals surface area contributed by atoms with Gasteiger partial charge in [-0.2, -0.15) is 0 Å². The van der Waals surface area contributed by atoms with E-state index in [1.54, 1.807) is 18.2 Å². The number of hydrogen-bond donors (Lipinski definition) is 1. The second kappa shape index (κ2) is 4.05. The third kappa shape index (κ3) is 1.66. The molecule has 1 aromatic carbocycles. The number of nitrogens with one attached hydrogen (secondary N) is 1. The Labute approximate surface area is 109 Å². The standard InChI is InChI=1S/C14H12N2O3/c1-8-9-4-2-3-5-10(9)14(19)16(8)11-6-7-12(17)15-13(11)18/h2-5,11H,1,6-7H2,(H,15,17,18). The van der Waals surface area contributed by atoms with Gasteiger partial charge in [-0.15, -0.1) is 0 Å². The average Bonchev–Trinajstić information content (AvgIpc) is 2.64. The normalized spacial score (nSPS) is 22.5. The molecule has 0 aliphatic carbocycles. The molecule has 1 aromatic rings. The van der Waals surface area contributed by atoms with Crippen LogP contribution in [0.15, 0.2) is 30.8 Å². The summed E-state index contributed by atoms with van der Waals surface area (Å²) in [5.41, 5.74) is 1.82. The molecule has 3 rings (SSSR count). The maximum absolute atomic E-state index is 12.3. The maximum atomic E-state index is 12.3. The lowest BCUT2D eigenvalue weighted by Crippen LogP contribution is -2.52. The van der Waals surface area contributed by atoms with Gasteiger partial charge in [-0.3, -0.25) is 24.6 Å². The van der Waals surface area contributed by atoms with Crippen LogP contribution in [-0.4, -0.2) is 28.7 Å². The number of fused-ring (bicyclic) bond motifs is 1. The number of rotatable bonds is 1. The van der Waals surface area contributed by atoms with Gasteiger partial charge < -0.3 is 0 Å². The lowest BCUT2D eigenvalue weighted by molar-refractivity contribution is -0.136. The zero-order chi connectivity index (χ0) is 13.6. The van der Waals surface area contributed by atoms with E-state index in [2.05, 4.69) is 11.9 Å². The Kier molecular flexibility index (Phi) is 2.48. The number of hydrogen-bond acceptors (Lipinski definition) is 3. The molecule has 1 atom stereocenters. The largest absolute Gasteiger partial charge is 0.296 e. The fourth-order valence-electron chi connectivity index (χ4n) is 2.56. The van der Waals surface area contributed by atoms with Crippen LogP contribution in [0.5, 0.6) is 0 Å². The average molecular weight is 256 g/mol.